The maximum atomic E-state index is 13.1. The molecule has 0 spiro atoms. The number of benzene rings is 2. The molecule has 2 rings (SSSR count). The predicted molar refractivity (Wildman–Crippen MR) is 61.3 cm³/mol. The van der Waals surface area contributed by atoms with E-state index < -0.39 is 11.6 Å². The third-order valence-corrected chi connectivity index (χ3v) is 2.47. The van der Waals surface area contributed by atoms with Crippen LogP contribution in [0, 0.1) is 25.5 Å². The molecule has 0 heterocycles. The SMILES string of the molecule is Cc1cc(C)cc(-c2ccc(F)c(F)c2)c1. The molecule has 0 radical (unpaired) electrons. The average molecular weight is 218 g/mol. The van der Waals surface area contributed by atoms with Gasteiger partial charge in [0.2, 0.25) is 0 Å². The van der Waals surface area contributed by atoms with Crippen LogP contribution in [0.4, 0.5) is 8.78 Å². The molecule has 0 saturated heterocycles. The second-order valence-corrected chi connectivity index (χ2v) is 4.01. The second kappa shape index (κ2) is 4.05. The third kappa shape index (κ3) is 2.11. The standard InChI is InChI=1S/C14H12F2/c1-9-5-10(2)7-12(6-9)11-3-4-13(15)14(16)8-11/h3-8H,1-2H3. The molecule has 0 amide bonds. The molecule has 0 aliphatic heterocycles. The molecule has 0 aromatic heterocycles. The van der Waals surface area contributed by atoms with E-state index in [9.17, 15) is 8.78 Å². The van der Waals surface area contributed by atoms with Crippen LogP contribution in [0.1, 0.15) is 11.1 Å². The molecule has 0 nitrogen and oxygen atoms in total. The van der Waals surface area contributed by atoms with Gasteiger partial charge in [-0.25, -0.2) is 8.78 Å². The lowest BCUT2D eigenvalue weighted by atomic mass is 10.0. The summed E-state index contributed by atoms with van der Waals surface area (Å²) in [6, 6.07) is 9.93. The van der Waals surface area contributed by atoms with Gasteiger partial charge in [-0.3, -0.25) is 0 Å². The summed E-state index contributed by atoms with van der Waals surface area (Å²) in [6.07, 6.45) is 0. The quantitative estimate of drug-likeness (QED) is 0.671. The fourth-order valence-corrected chi connectivity index (χ4v) is 1.82. The number of hydrogen-bond acceptors (Lipinski definition) is 0. The lowest BCUT2D eigenvalue weighted by molar-refractivity contribution is 0.509. The summed E-state index contributed by atoms with van der Waals surface area (Å²) >= 11 is 0. The highest BCUT2D eigenvalue weighted by Crippen LogP contribution is 2.23. The number of rotatable bonds is 1. The lowest BCUT2D eigenvalue weighted by Gasteiger charge is -2.05. The van der Waals surface area contributed by atoms with E-state index in [-0.39, 0.29) is 0 Å². The maximum absolute atomic E-state index is 13.1. The Morgan fingerprint density at radius 1 is 0.688 bits per heavy atom. The van der Waals surface area contributed by atoms with Crippen molar-refractivity contribution in [1.82, 2.24) is 0 Å². The molecule has 0 aliphatic carbocycles. The average Bonchev–Trinajstić information content (AvgIpc) is 2.20. The van der Waals surface area contributed by atoms with Gasteiger partial charge in [-0.15, -0.1) is 0 Å². The van der Waals surface area contributed by atoms with Gasteiger partial charge in [0.05, 0.1) is 0 Å². The Kier molecular flexibility index (Phi) is 2.73. The molecule has 0 fully saturated rings. The first-order valence-electron chi connectivity index (χ1n) is 5.10. The van der Waals surface area contributed by atoms with E-state index in [0.717, 1.165) is 22.8 Å². The van der Waals surface area contributed by atoms with Gasteiger partial charge in [-0.1, -0.05) is 35.4 Å². The van der Waals surface area contributed by atoms with Gasteiger partial charge >= 0.3 is 0 Å². The summed E-state index contributed by atoms with van der Waals surface area (Å²) in [4.78, 5) is 0. The zero-order valence-corrected chi connectivity index (χ0v) is 9.22. The molecule has 2 heteroatoms. The summed E-state index contributed by atoms with van der Waals surface area (Å²) in [5, 5.41) is 0. The van der Waals surface area contributed by atoms with Crippen LogP contribution in [-0.2, 0) is 0 Å². The highest BCUT2D eigenvalue weighted by atomic mass is 19.2. The van der Waals surface area contributed by atoms with Crippen LogP contribution in [-0.4, -0.2) is 0 Å². The van der Waals surface area contributed by atoms with Crippen molar-refractivity contribution < 1.29 is 8.78 Å². The van der Waals surface area contributed by atoms with Gasteiger partial charge in [0, 0.05) is 0 Å². The van der Waals surface area contributed by atoms with E-state index in [4.69, 9.17) is 0 Å². The van der Waals surface area contributed by atoms with Crippen LogP contribution < -0.4 is 0 Å². The Bertz CT molecular complexity index is 510. The summed E-state index contributed by atoms with van der Waals surface area (Å²) in [7, 11) is 0. The minimum Gasteiger partial charge on any atom is -0.204 e. The van der Waals surface area contributed by atoms with E-state index in [1.54, 1.807) is 6.07 Å². The fourth-order valence-electron chi connectivity index (χ4n) is 1.82. The second-order valence-electron chi connectivity index (χ2n) is 4.01. The van der Waals surface area contributed by atoms with E-state index in [2.05, 4.69) is 0 Å². The molecule has 0 N–H and O–H groups in total. The number of halogens is 2. The van der Waals surface area contributed by atoms with Crippen LogP contribution in [0.2, 0.25) is 0 Å². The van der Waals surface area contributed by atoms with Crippen LogP contribution in [0.15, 0.2) is 36.4 Å². The van der Waals surface area contributed by atoms with Crippen molar-refractivity contribution in [3.05, 3.63) is 59.2 Å². The highest BCUT2D eigenvalue weighted by Gasteiger charge is 2.05. The molecular weight excluding hydrogens is 206 g/mol. The monoisotopic (exact) mass is 218 g/mol. The summed E-state index contributed by atoms with van der Waals surface area (Å²) in [6.45, 7) is 3.97. The van der Waals surface area contributed by atoms with Crippen molar-refractivity contribution in [2.75, 3.05) is 0 Å². The topological polar surface area (TPSA) is 0 Å². The van der Waals surface area contributed by atoms with Crippen LogP contribution in [0.5, 0.6) is 0 Å². The Labute approximate surface area is 93.5 Å². The van der Waals surface area contributed by atoms with Gasteiger partial charge in [0.15, 0.2) is 11.6 Å². The van der Waals surface area contributed by atoms with Gasteiger partial charge in [-0.05, 0) is 37.1 Å². The molecule has 0 bridgehead atoms. The number of hydrogen-bond donors (Lipinski definition) is 0. The minimum absolute atomic E-state index is 0.700. The summed E-state index contributed by atoms with van der Waals surface area (Å²) in [5.41, 5.74) is 3.83. The zero-order chi connectivity index (χ0) is 11.7. The third-order valence-electron chi connectivity index (χ3n) is 2.47. The van der Waals surface area contributed by atoms with Crippen molar-refractivity contribution in [3.63, 3.8) is 0 Å². The van der Waals surface area contributed by atoms with E-state index in [1.165, 1.54) is 6.07 Å². The Morgan fingerprint density at radius 2 is 1.31 bits per heavy atom. The normalized spacial score (nSPS) is 10.5. The molecule has 0 aliphatic rings. The molecule has 82 valence electrons. The van der Waals surface area contributed by atoms with Crippen molar-refractivity contribution >= 4 is 0 Å². The van der Waals surface area contributed by atoms with Crippen molar-refractivity contribution in [1.29, 1.82) is 0 Å². The molecule has 2 aromatic carbocycles. The Morgan fingerprint density at radius 3 is 1.88 bits per heavy atom. The first kappa shape index (κ1) is 10.8. The van der Waals surface area contributed by atoms with Crippen molar-refractivity contribution in [3.8, 4) is 11.1 Å². The summed E-state index contributed by atoms with van der Waals surface area (Å²) < 4.78 is 25.9. The van der Waals surface area contributed by atoms with Gasteiger partial charge < -0.3 is 0 Å². The van der Waals surface area contributed by atoms with Crippen LogP contribution >= 0.6 is 0 Å². The van der Waals surface area contributed by atoms with Gasteiger partial charge in [0.1, 0.15) is 0 Å². The molecule has 0 saturated carbocycles. The van der Waals surface area contributed by atoms with Crippen LogP contribution in [0.25, 0.3) is 11.1 Å². The molecule has 0 unspecified atom stereocenters. The van der Waals surface area contributed by atoms with Gasteiger partial charge in [0.25, 0.3) is 0 Å². The highest BCUT2D eigenvalue weighted by molar-refractivity contribution is 5.65. The maximum Gasteiger partial charge on any atom is 0.159 e. The van der Waals surface area contributed by atoms with Crippen molar-refractivity contribution in [2.24, 2.45) is 0 Å². The largest absolute Gasteiger partial charge is 0.204 e. The first-order chi connectivity index (χ1) is 7.56. The first-order valence-corrected chi connectivity index (χ1v) is 5.10. The molecular formula is C14H12F2. The lowest BCUT2D eigenvalue weighted by Crippen LogP contribution is -1.87. The number of aryl methyl sites for hydroxylation is 2. The van der Waals surface area contributed by atoms with E-state index in [1.807, 2.05) is 32.0 Å². The molecule has 0 atom stereocenters. The van der Waals surface area contributed by atoms with Crippen molar-refractivity contribution in [2.45, 2.75) is 13.8 Å². The van der Waals surface area contributed by atoms with E-state index >= 15 is 0 Å². The predicted octanol–water partition coefficient (Wildman–Crippen LogP) is 4.25. The summed E-state index contributed by atoms with van der Waals surface area (Å²) in [5.74, 6) is -1.62. The van der Waals surface area contributed by atoms with Crippen LogP contribution in [0.3, 0.4) is 0 Å². The molecule has 16 heavy (non-hydrogen) atoms. The fraction of sp³-hybridized carbons (Fsp3) is 0.143. The zero-order valence-electron chi connectivity index (χ0n) is 9.22. The van der Waals surface area contributed by atoms with E-state index in [0.29, 0.717) is 5.56 Å². The molecule has 2 aromatic rings. The Hall–Kier alpha value is -1.70. The van der Waals surface area contributed by atoms with Gasteiger partial charge in [-0.2, -0.15) is 0 Å². The minimum atomic E-state index is -0.812. The Balaban J connectivity index is 2.54. The smallest absolute Gasteiger partial charge is 0.159 e.